The zero-order chi connectivity index (χ0) is 30.7. The summed E-state index contributed by atoms with van der Waals surface area (Å²) in [6.07, 6.45) is 5.20. The van der Waals surface area contributed by atoms with E-state index in [0.717, 1.165) is 25.9 Å². The van der Waals surface area contributed by atoms with Gasteiger partial charge in [-0.3, -0.25) is 4.79 Å². The standard InChI is InChI=1S/C23H29N.C6H14N2O2.C2HF3O2/c1-2-3-4-5-6-11-16-24-18-23-21-14-9-7-12-19(21)17-20-13-8-10-15-22(20)23;7-4-2-1-3-5(8)6(9)10;3-2(4,5)1(6)7/h7-10,12-15,17,24H,2-6,11,16,18H2,1H3;5H,1-4,7-8H2,(H,9,10);(H,6,7)/t;5-;/m.0./s1. The molecule has 0 amide bonds. The molecule has 0 saturated heterocycles. The highest BCUT2D eigenvalue weighted by atomic mass is 19.4. The largest absolute Gasteiger partial charge is 0.490 e. The van der Waals surface area contributed by atoms with E-state index in [2.05, 4.69) is 66.8 Å². The number of nitrogens with one attached hydrogen (secondary N) is 1. The Morgan fingerprint density at radius 2 is 1.37 bits per heavy atom. The van der Waals surface area contributed by atoms with E-state index < -0.39 is 24.2 Å². The molecular formula is C31H44F3N3O4. The van der Waals surface area contributed by atoms with Crippen LogP contribution in [0.4, 0.5) is 13.2 Å². The fraction of sp³-hybridized carbons (Fsp3) is 0.484. The van der Waals surface area contributed by atoms with Gasteiger partial charge in [-0.2, -0.15) is 13.2 Å². The molecule has 0 heterocycles. The lowest BCUT2D eigenvalue weighted by Crippen LogP contribution is -2.29. The minimum Gasteiger partial charge on any atom is -0.480 e. The number of fused-ring (bicyclic) bond motifs is 2. The summed E-state index contributed by atoms with van der Waals surface area (Å²) in [7, 11) is 0. The van der Waals surface area contributed by atoms with Crippen LogP contribution < -0.4 is 16.8 Å². The number of hydrogen-bond donors (Lipinski definition) is 5. The first-order chi connectivity index (χ1) is 19.5. The molecule has 41 heavy (non-hydrogen) atoms. The van der Waals surface area contributed by atoms with E-state index in [0.29, 0.717) is 13.0 Å². The SMILES string of the molecule is CCCCCCCCNCc1c2ccccc2cc2ccccc12.NCCCC[C@H](N)C(=O)O.O=C(O)C(F)(F)F. The van der Waals surface area contributed by atoms with Crippen LogP contribution in [0.1, 0.15) is 70.3 Å². The number of nitrogens with two attached hydrogens (primary N) is 2. The lowest BCUT2D eigenvalue weighted by atomic mass is 9.97. The fourth-order valence-electron chi connectivity index (χ4n) is 4.17. The Morgan fingerprint density at radius 3 is 1.85 bits per heavy atom. The van der Waals surface area contributed by atoms with Gasteiger partial charge in [0, 0.05) is 6.54 Å². The predicted octanol–water partition coefficient (Wildman–Crippen LogP) is 6.60. The van der Waals surface area contributed by atoms with Gasteiger partial charge in [-0.1, -0.05) is 94.0 Å². The topological polar surface area (TPSA) is 139 Å². The van der Waals surface area contributed by atoms with Crippen LogP contribution >= 0.6 is 0 Å². The molecule has 7 N–H and O–H groups in total. The second kappa shape index (κ2) is 19.8. The second-order valence-corrected chi connectivity index (χ2v) is 9.77. The average molecular weight is 580 g/mol. The zero-order valence-electron chi connectivity index (χ0n) is 23.8. The van der Waals surface area contributed by atoms with Gasteiger partial charge in [0.25, 0.3) is 0 Å². The van der Waals surface area contributed by atoms with E-state index in [1.165, 1.54) is 65.6 Å². The van der Waals surface area contributed by atoms with Crippen molar-refractivity contribution in [3.05, 3.63) is 60.2 Å². The number of hydrogen-bond acceptors (Lipinski definition) is 5. The number of unbranched alkanes of at least 4 members (excludes halogenated alkanes) is 6. The van der Waals surface area contributed by atoms with E-state index in [4.69, 9.17) is 26.5 Å². The summed E-state index contributed by atoms with van der Waals surface area (Å²) in [5.41, 5.74) is 11.9. The van der Waals surface area contributed by atoms with Gasteiger partial charge in [0.1, 0.15) is 6.04 Å². The molecule has 10 heteroatoms. The Kier molecular flexibility index (Phi) is 17.3. The van der Waals surface area contributed by atoms with Crippen molar-refractivity contribution in [1.82, 2.24) is 5.32 Å². The van der Waals surface area contributed by atoms with Crippen LogP contribution in [-0.2, 0) is 16.1 Å². The quantitative estimate of drug-likeness (QED) is 0.107. The van der Waals surface area contributed by atoms with Gasteiger partial charge in [0.05, 0.1) is 0 Å². The molecule has 0 saturated carbocycles. The number of carboxylic acid groups (broad SMARTS) is 2. The lowest BCUT2D eigenvalue weighted by molar-refractivity contribution is -0.192. The van der Waals surface area contributed by atoms with Gasteiger partial charge in [0.15, 0.2) is 0 Å². The highest BCUT2D eigenvalue weighted by Crippen LogP contribution is 2.28. The summed E-state index contributed by atoms with van der Waals surface area (Å²) in [6, 6.07) is 19.1. The van der Waals surface area contributed by atoms with Crippen molar-refractivity contribution in [2.75, 3.05) is 13.1 Å². The molecule has 3 aromatic rings. The predicted molar refractivity (Wildman–Crippen MR) is 159 cm³/mol. The van der Waals surface area contributed by atoms with Crippen LogP contribution in [0, 0.1) is 0 Å². The Balaban J connectivity index is 0.000000409. The summed E-state index contributed by atoms with van der Waals surface area (Å²) in [4.78, 5) is 19.0. The summed E-state index contributed by atoms with van der Waals surface area (Å²) in [5.74, 6) is -3.69. The minimum absolute atomic E-state index is 0.520. The molecule has 0 bridgehead atoms. The Bertz CT molecular complexity index is 1130. The molecule has 3 rings (SSSR count). The third kappa shape index (κ3) is 14.3. The van der Waals surface area contributed by atoms with Crippen molar-refractivity contribution in [3.63, 3.8) is 0 Å². The van der Waals surface area contributed by atoms with E-state index in [1.807, 2.05) is 0 Å². The summed E-state index contributed by atoms with van der Waals surface area (Å²) in [5, 5.41) is 24.6. The van der Waals surface area contributed by atoms with Crippen LogP contribution in [0.15, 0.2) is 54.6 Å². The van der Waals surface area contributed by atoms with Gasteiger partial charge < -0.3 is 27.0 Å². The van der Waals surface area contributed by atoms with E-state index >= 15 is 0 Å². The number of alkyl halides is 3. The summed E-state index contributed by atoms with van der Waals surface area (Å²) < 4.78 is 31.7. The van der Waals surface area contributed by atoms with Crippen LogP contribution in [0.2, 0.25) is 0 Å². The fourth-order valence-corrected chi connectivity index (χ4v) is 4.17. The first-order valence-electron chi connectivity index (χ1n) is 14.1. The maximum absolute atomic E-state index is 10.6. The van der Waals surface area contributed by atoms with E-state index in [-0.39, 0.29) is 0 Å². The van der Waals surface area contributed by atoms with Gasteiger partial charge in [-0.15, -0.1) is 0 Å². The first kappa shape index (κ1) is 35.8. The third-order valence-electron chi connectivity index (χ3n) is 6.42. The molecule has 0 radical (unpaired) electrons. The van der Waals surface area contributed by atoms with Gasteiger partial charge >= 0.3 is 18.1 Å². The number of carbonyl (C=O) groups is 2. The summed E-state index contributed by atoms with van der Waals surface area (Å²) in [6.45, 7) is 4.95. The molecule has 0 aliphatic heterocycles. The number of rotatable bonds is 14. The minimum atomic E-state index is -5.08. The van der Waals surface area contributed by atoms with Gasteiger partial charge in [0.2, 0.25) is 0 Å². The molecule has 7 nitrogen and oxygen atoms in total. The molecule has 3 aromatic carbocycles. The lowest BCUT2D eigenvalue weighted by Gasteiger charge is -2.12. The smallest absolute Gasteiger partial charge is 0.480 e. The number of aliphatic carboxylic acids is 2. The molecule has 0 spiro atoms. The van der Waals surface area contributed by atoms with Crippen LogP contribution in [-0.4, -0.2) is 47.5 Å². The van der Waals surface area contributed by atoms with Gasteiger partial charge in [-0.25, -0.2) is 4.79 Å². The van der Waals surface area contributed by atoms with Crippen molar-refractivity contribution in [2.24, 2.45) is 11.5 Å². The highest BCUT2D eigenvalue weighted by molar-refractivity contribution is 6.02. The van der Waals surface area contributed by atoms with Crippen LogP contribution in [0.5, 0.6) is 0 Å². The van der Waals surface area contributed by atoms with E-state index in [9.17, 15) is 18.0 Å². The normalized spacial score (nSPS) is 11.8. The first-order valence-corrected chi connectivity index (χ1v) is 14.1. The second-order valence-electron chi connectivity index (χ2n) is 9.77. The van der Waals surface area contributed by atoms with Crippen molar-refractivity contribution in [3.8, 4) is 0 Å². The van der Waals surface area contributed by atoms with Crippen LogP contribution in [0.25, 0.3) is 21.5 Å². The number of carboxylic acids is 2. The van der Waals surface area contributed by atoms with Crippen molar-refractivity contribution in [1.29, 1.82) is 0 Å². The Morgan fingerprint density at radius 1 is 0.854 bits per heavy atom. The average Bonchev–Trinajstić information content (AvgIpc) is 2.94. The molecule has 1 atom stereocenters. The van der Waals surface area contributed by atoms with Crippen LogP contribution in [0.3, 0.4) is 0 Å². The van der Waals surface area contributed by atoms with Crippen molar-refractivity contribution >= 4 is 33.5 Å². The zero-order valence-corrected chi connectivity index (χ0v) is 23.8. The Labute approximate surface area is 240 Å². The third-order valence-corrected chi connectivity index (χ3v) is 6.42. The van der Waals surface area contributed by atoms with Crippen molar-refractivity contribution in [2.45, 2.75) is 83.5 Å². The molecule has 0 aliphatic rings. The highest BCUT2D eigenvalue weighted by Gasteiger charge is 2.38. The molecule has 0 aliphatic carbocycles. The van der Waals surface area contributed by atoms with Crippen molar-refractivity contribution < 1.29 is 33.0 Å². The molecular weight excluding hydrogens is 535 g/mol. The molecule has 228 valence electrons. The maximum atomic E-state index is 10.6. The Hall–Kier alpha value is -3.21. The monoisotopic (exact) mass is 579 g/mol. The molecule has 0 unspecified atom stereocenters. The number of benzene rings is 3. The van der Waals surface area contributed by atoms with Gasteiger partial charge in [-0.05, 0) is 65.5 Å². The molecule has 0 fully saturated rings. The number of halogens is 3. The summed E-state index contributed by atoms with van der Waals surface area (Å²) >= 11 is 0. The molecule has 0 aromatic heterocycles. The maximum Gasteiger partial charge on any atom is 0.490 e. The van der Waals surface area contributed by atoms with E-state index in [1.54, 1.807) is 0 Å².